The third kappa shape index (κ3) is 3.07. The van der Waals surface area contributed by atoms with Gasteiger partial charge in [-0.25, -0.2) is 4.39 Å². The predicted molar refractivity (Wildman–Crippen MR) is 93.6 cm³/mol. The summed E-state index contributed by atoms with van der Waals surface area (Å²) in [5, 5.41) is 0. The minimum absolute atomic E-state index is 0.000214. The number of halogens is 1. The number of carbonyl (C=O) groups excluding carboxylic acids is 1. The summed E-state index contributed by atoms with van der Waals surface area (Å²) in [5.74, 6) is 0.483. The van der Waals surface area contributed by atoms with Gasteiger partial charge in [-0.2, -0.15) is 0 Å². The molecule has 2 heterocycles. The van der Waals surface area contributed by atoms with E-state index in [1.54, 1.807) is 18.4 Å². The lowest BCUT2D eigenvalue weighted by atomic mass is 10.0. The fraction of sp³-hybridized carbons (Fsp3) is 0.190. The summed E-state index contributed by atoms with van der Waals surface area (Å²) in [6.07, 6.45) is 3.47. The van der Waals surface area contributed by atoms with Gasteiger partial charge in [0.15, 0.2) is 0 Å². The highest BCUT2D eigenvalue weighted by Gasteiger charge is 2.30. The van der Waals surface area contributed by atoms with Crippen LogP contribution in [0.2, 0.25) is 0 Å². The van der Waals surface area contributed by atoms with Crippen molar-refractivity contribution in [3.8, 4) is 11.3 Å². The highest BCUT2D eigenvalue weighted by molar-refractivity contribution is 5.95. The molecule has 0 spiro atoms. The van der Waals surface area contributed by atoms with E-state index in [2.05, 4.69) is 0 Å². The number of hydrogen-bond acceptors (Lipinski definition) is 2. The van der Waals surface area contributed by atoms with E-state index in [-0.39, 0.29) is 17.8 Å². The molecule has 1 amide bonds. The lowest BCUT2D eigenvalue weighted by Crippen LogP contribution is -2.30. The molecular weight excluding hydrogens is 317 g/mol. The van der Waals surface area contributed by atoms with Crippen molar-refractivity contribution >= 4 is 5.91 Å². The second kappa shape index (κ2) is 6.55. The number of likely N-dealkylation sites (tertiary alicyclic amines) is 1. The van der Waals surface area contributed by atoms with Crippen molar-refractivity contribution in [1.82, 2.24) is 4.90 Å². The van der Waals surface area contributed by atoms with Gasteiger partial charge in [-0.15, -0.1) is 0 Å². The molecule has 1 aliphatic heterocycles. The maximum atomic E-state index is 13.2. The van der Waals surface area contributed by atoms with E-state index in [1.807, 2.05) is 41.3 Å². The van der Waals surface area contributed by atoms with Crippen molar-refractivity contribution in [2.75, 3.05) is 6.54 Å². The summed E-state index contributed by atoms with van der Waals surface area (Å²) in [6.45, 7) is 0.714. The smallest absolute Gasteiger partial charge is 0.254 e. The van der Waals surface area contributed by atoms with Crippen LogP contribution in [0.4, 0.5) is 4.39 Å². The monoisotopic (exact) mass is 335 g/mol. The molecule has 4 heteroatoms. The predicted octanol–water partition coefficient (Wildman–Crippen LogP) is 5.06. The van der Waals surface area contributed by atoms with E-state index >= 15 is 0 Å². The van der Waals surface area contributed by atoms with Gasteiger partial charge in [0.1, 0.15) is 11.6 Å². The minimum atomic E-state index is -0.259. The fourth-order valence-electron chi connectivity index (χ4n) is 3.46. The molecular formula is C21H18FNO2. The van der Waals surface area contributed by atoms with Crippen LogP contribution in [-0.2, 0) is 0 Å². The maximum absolute atomic E-state index is 13.2. The molecule has 3 aromatic rings. The number of nitrogens with zero attached hydrogens (tertiary/aromatic N) is 1. The molecule has 1 aliphatic rings. The Kier molecular flexibility index (Phi) is 4.10. The summed E-state index contributed by atoms with van der Waals surface area (Å²) < 4.78 is 18.6. The Hall–Kier alpha value is -2.88. The SMILES string of the molecule is O=C(c1cccc(-c2ccco2)c1)N1CCCC1c1ccc(F)cc1. The molecule has 0 aliphatic carbocycles. The average Bonchev–Trinajstić information content (AvgIpc) is 3.34. The number of furan rings is 1. The van der Waals surface area contributed by atoms with Crippen molar-refractivity contribution < 1.29 is 13.6 Å². The zero-order valence-electron chi connectivity index (χ0n) is 13.7. The highest BCUT2D eigenvalue weighted by Crippen LogP contribution is 2.33. The van der Waals surface area contributed by atoms with Crippen LogP contribution in [0, 0.1) is 5.82 Å². The molecule has 3 nitrogen and oxygen atoms in total. The van der Waals surface area contributed by atoms with Crippen LogP contribution in [0.15, 0.2) is 71.3 Å². The van der Waals surface area contributed by atoms with Gasteiger partial charge in [0.25, 0.3) is 5.91 Å². The van der Waals surface area contributed by atoms with Gasteiger partial charge in [0.05, 0.1) is 12.3 Å². The Morgan fingerprint density at radius 2 is 1.92 bits per heavy atom. The van der Waals surface area contributed by atoms with Crippen LogP contribution >= 0.6 is 0 Å². The van der Waals surface area contributed by atoms with Gasteiger partial charge in [-0.05, 0) is 54.8 Å². The van der Waals surface area contributed by atoms with Crippen LogP contribution in [-0.4, -0.2) is 17.4 Å². The van der Waals surface area contributed by atoms with E-state index in [1.165, 1.54) is 12.1 Å². The summed E-state index contributed by atoms with van der Waals surface area (Å²) >= 11 is 0. The topological polar surface area (TPSA) is 33.5 Å². The zero-order chi connectivity index (χ0) is 17.2. The van der Waals surface area contributed by atoms with Crippen LogP contribution in [0.5, 0.6) is 0 Å². The van der Waals surface area contributed by atoms with Gasteiger partial charge in [0, 0.05) is 17.7 Å². The lowest BCUT2D eigenvalue weighted by molar-refractivity contribution is 0.0735. The van der Waals surface area contributed by atoms with E-state index in [4.69, 9.17) is 4.42 Å². The number of amides is 1. The molecule has 126 valence electrons. The zero-order valence-corrected chi connectivity index (χ0v) is 13.7. The molecule has 1 unspecified atom stereocenters. The number of rotatable bonds is 3. The van der Waals surface area contributed by atoms with E-state index in [0.717, 1.165) is 29.7 Å². The largest absolute Gasteiger partial charge is 0.464 e. The van der Waals surface area contributed by atoms with Crippen LogP contribution in [0.3, 0.4) is 0 Å². The molecule has 0 N–H and O–H groups in total. The Balaban J connectivity index is 1.61. The third-order valence-electron chi connectivity index (χ3n) is 4.68. The van der Waals surface area contributed by atoms with E-state index in [9.17, 15) is 9.18 Å². The summed E-state index contributed by atoms with van der Waals surface area (Å²) in [5.41, 5.74) is 2.51. The standard InChI is InChI=1S/C21H18FNO2/c22-18-10-8-15(9-11-18)19-6-2-12-23(19)21(24)17-5-1-4-16(14-17)20-7-3-13-25-20/h1,3-5,7-11,13-14,19H,2,6,12H2. The van der Waals surface area contributed by atoms with Gasteiger partial charge in [0.2, 0.25) is 0 Å². The molecule has 4 rings (SSSR count). The number of hydrogen-bond donors (Lipinski definition) is 0. The van der Waals surface area contributed by atoms with Crippen LogP contribution < -0.4 is 0 Å². The van der Waals surface area contributed by atoms with Gasteiger partial charge < -0.3 is 9.32 Å². The second-order valence-electron chi connectivity index (χ2n) is 6.27. The molecule has 1 aromatic heterocycles. The Bertz CT molecular complexity index is 871. The minimum Gasteiger partial charge on any atom is -0.464 e. The Morgan fingerprint density at radius 3 is 2.68 bits per heavy atom. The summed E-state index contributed by atoms with van der Waals surface area (Å²) in [6, 6.07) is 17.6. The van der Waals surface area contributed by atoms with Gasteiger partial charge >= 0.3 is 0 Å². The fourth-order valence-corrected chi connectivity index (χ4v) is 3.46. The van der Waals surface area contributed by atoms with Crippen LogP contribution in [0.1, 0.15) is 34.8 Å². The Morgan fingerprint density at radius 1 is 1.08 bits per heavy atom. The van der Waals surface area contributed by atoms with Crippen molar-refractivity contribution in [2.45, 2.75) is 18.9 Å². The first-order valence-electron chi connectivity index (χ1n) is 8.43. The molecule has 0 saturated carbocycles. The lowest BCUT2D eigenvalue weighted by Gasteiger charge is -2.25. The summed E-state index contributed by atoms with van der Waals surface area (Å²) in [7, 11) is 0. The maximum Gasteiger partial charge on any atom is 0.254 e. The molecule has 0 radical (unpaired) electrons. The van der Waals surface area contributed by atoms with Crippen molar-refractivity contribution in [3.05, 3.63) is 83.9 Å². The van der Waals surface area contributed by atoms with Gasteiger partial charge in [-0.1, -0.05) is 24.3 Å². The molecule has 0 bridgehead atoms. The number of benzene rings is 2. The average molecular weight is 335 g/mol. The quantitative estimate of drug-likeness (QED) is 0.670. The third-order valence-corrected chi connectivity index (χ3v) is 4.68. The van der Waals surface area contributed by atoms with Crippen LogP contribution in [0.25, 0.3) is 11.3 Å². The molecule has 25 heavy (non-hydrogen) atoms. The first-order valence-corrected chi connectivity index (χ1v) is 8.43. The molecule has 1 atom stereocenters. The van der Waals surface area contributed by atoms with E-state index < -0.39 is 0 Å². The van der Waals surface area contributed by atoms with Gasteiger partial charge in [-0.3, -0.25) is 4.79 Å². The van der Waals surface area contributed by atoms with Crippen molar-refractivity contribution in [2.24, 2.45) is 0 Å². The first kappa shape index (κ1) is 15.6. The molecule has 1 fully saturated rings. The Labute approximate surface area is 145 Å². The van der Waals surface area contributed by atoms with Crippen molar-refractivity contribution in [3.63, 3.8) is 0 Å². The van der Waals surface area contributed by atoms with Crippen molar-refractivity contribution in [1.29, 1.82) is 0 Å². The summed E-state index contributed by atoms with van der Waals surface area (Å²) in [4.78, 5) is 14.9. The molecule has 2 aromatic carbocycles. The van der Waals surface area contributed by atoms with E-state index in [0.29, 0.717) is 12.1 Å². The number of carbonyl (C=O) groups is 1. The molecule has 1 saturated heterocycles. The normalized spacial score (nSPS) is 17.0. The first-order chi connectivity index (χ1) is 12.2. The second-order valence-corrected chi connectivity index (χ2v) is 6.27. The highest BCUT2D eigenvalue weighted by atomic mass is 19.1.